The highest BCUT2D eigenvalue weighted by Crippen LogP contribution is 2.34. The van der Waals surface area contributed by atoms with E-state index in [0.717, 1.165) is 18.3 Å². The number of carbonyl (C=O) groups is 2. The highest BCUT2D eigenvalue weighted by molar-refractivity contribution is 5.97. The van der Waals surface area contributed by atoms with Gasteiger partial charge in [-0.3, -0.25) is 19.3 Å². The first kappa shape index (κ1) is 22.4. The van der Waals surface area contributed by atoms with Gasteiger partial charge in [0.1, 0.15) is 17.4 Å². The van der Waals surface area contributed by atoms with E-state index in [-0.39, 0.29) is 42.4 Å². The lowest BCUT2D eigenvalue weighted by atomic mass is 10.1. The van der Waals surface area contributed by atoms with Crippen molar-refractivity contribution in [2.75, 3.05) is 11.9 Å². The van der Waals surface area contributed by atoms with Crippen LogP contribution in [0.5, 0.6) is 5.75 Å². The van der Waals surface area contributed by atoms with Crippen molar-refractivity contribution in [3.8, 4) is 17.0 Å². The predicted octanol–water partition coefficient (Wildman–Crippen LogP) is 3.49. The Morgan fingerprint density at radius 2 is 1.97 bits per heavy atom. The van der Waals surface area contributed by atoms with Crippen LogP contribution in [0, 0.1) is 11.7 Å². The Morgan fingerprint density at radius 1 is 1.18 bits per heavy atom. The number of ether oxygens (including phenoxy) is 1. The molecule has 0 radical (unpaired) electrons. The van der Waals surface area contributed by atoms with Gasteiger partial charge in [0.2, 0.25) is 11.8 Å². The van der Waals surface area contributed by atoms with E-state index in [1.165, 1.54) is 17.0 Å². The molecule has 2 atom stereocenters. The van der Waals surface area contributed by atoms with Crippen LogP contribution >= 0.6 is 0 Å². The predicted molar refractivity (Wildman–Crippen MR) is 105 cm³/mol. The maximum atomic E-state index is 14.1. The minimum atomic E-state index is -5.04. The number of anilines is 1. The number of rotatable bonds is 5. The van der Waals surface area contributed by atoms with Crippen molar-refractivity contribution in [2.45, 2.75) is 25.2 Å². The second kappa shape index (κ2) is 8.64. The fourth-order valence-electron chi connectivity index (χ4n) is 3.52. The fourth-order valence-corrected chi connectivity index (χ4v) is 3.52. The number of benzene rings is 1. The number of hydrogen-bond acceptors (Lipinski definition) is 5. The van der Waals surface area contributed by atoms with Crippen molar-refractivity contribution in [3.63, 3.8) is 0 Å². The van der Waals surface area contributed by atoms with E-state index in [2.05, 4.69) is 25.5 Å². The normalized spacial score (nSPS) is 20.4. The molecule has 33 heavy (non-hydrogen) atoms. The average Bonchev–Trinajstić information content (AvgIpc) is 3.33. The molecule has 4 rings (SSSR count). The molecule has 2 aliphatic heterocycles. The molecule has 13 heteroatoms. The Labute approximate surface area is 183 Å². The summed E-state index contributed by atoms with van der Waals surface area (Å²) in [7, 11) is 0. The van der Waals surface area contributed by atoms with Crippen molar-refractivity contribution in [1.29, 1.82) is 0 Å². The molecule has 0 saturated carbocycles. The Morgan fingerprint density at radius 3 is 2.64 bits per heavy atom. The van der Waals surface area contributed by atoms with Crippen molar-refractivity contribution < 1.29 is 36.3 Å². The van der Waals surface area contributed by atoms with Gasteiger partial charge in [0, 0.05) is 43.3 Å². The van der Waals surface area contributed by atoms with Crippen LogP contribution in [0.3, 0.4) is 0 Å². The molecule has 8 nitrogen and oxygen atoms in total. The molecule has 1 unspecified atom stereocenters. The van der Waals surface area contributed by atoms with Crippen LogP contribution in [0.2, 0.25) is 0 Å². The van der Waals surface area contributed by atoms with Crippen LogP contribution in [0.15, 0.2) is 41.3 Å². The standard InChI is InChI=1S/C20H16F5N5O3/c21-12-1-10(2-15(5-12)33-20(23,24)25)16-6-17(28-19(32)11-3-18(31)27-7-11)29-30(16)14-4-13(22)8-26-9-14/h1-2,5-6,8-9,11,14H,3-4,7H2,(H,27,31)(H,28,29,32)/t11-,14?/m1/s1. The molecular formula is C20H16F5N5O3. The molecule has 0 aliphatic carbocycles. The summed E-state index contributed by atoms with van der Waals surface area (Å²) < 4.78 is 70.9. The molecule has 0 spiro atoms. The quantitative estimate of drug-likeness (QED) is 0.656. The van der Waals surface area contributed by atoms with Crippen LogP contribution in [0.1, 0.15) is 18.9 Å². The summed E-state index contributed by atoms with van der Waals surface area (Å²) in [6.45, 7) is 0.144. The van der Waals surface area contributed by atoms with Crippen LogP contribution < -0.4 is 15.4 Å². The molecule has 2 amide bonds. The zero-order valence-corrected chi connectivity index (χ0v) is 16.7. The van der Waals surface area contributed by atoms with E-state index in [0.29, 0.717) is 6.07 Å². The summed E-state index contributed by atoms with van der Waals surface area (Å²) in [6.07, 6.45) is -2.84. The SMILES string of the molecule is O=C1C[C@@H](C(=O)Nc2cc(-c3cc(F)cc(OC(F)(F)F)c3)n(C3C=NC=C(F)C3)n2)CN1. The Kier molecular flexibility index (Phi) is 5.87. The molecule has 2 N–H and O–H groups in total. The van der Waals surface area contributed by atoms with Crippen LogP contribution in [-0.4, -0.2) is 40.7 Å². The number of allylic oxidation sites excluding steroid dienone is 1. The highest BCUT2D eigenvalue weighted by atomic mass is 19.4. The van der Waals surface area contributed by atoms with Crippen molar-refractivity contribution in [2.24, 2.45) is 10.9 Å². The first-order valence-corrected chi connectivity index (χ1v) is 9.69. The molecular weight excluding hydrogens is 453 g/mol. The van der Waals surface area contributed by atoms with Gasteiger partial charge in [-0.25, -0.2) is 8.78 Å². The summed E-state index contributed by atoms with van der Waals surface area (Å²) in [4.78, 5) is 27.6. The summed E-state index contributed by atoms with van der Waals surface area (Å²) in [5, 5.41) is 9.28. The highest BCUT2D eigenvalue weighted by Gasteiger charge is 2.32. The number of aromatic nitrogens is 2. The number of nitrogens with one attached hydrogen (secondary N) is 2. The van der Waals surface area contributed by atoms with Gasteiger partial charge in [-0.2, -0.15) is 5.10 Å². The van der Waals surface area contributed by atoms with Gasteiger partial charge >= 0.3 is 6.36 Å². The third-order valence-corrected chi connectivity index (χ3v) is 4.93. The zero-order chi connectivity index (χ0) is 23.8. The Balaban J connectivity index is 1.70. The topological polar surface area (TPSA) is 97.6 Å². The van der Waals surface area contributed by atoms with Crippen LogP contribution in [-0.2, 0) is 9.59 Å². The second-order valence-corrected chi connectivity index (χ2v) is 7.42. The number of hydrogen-bond donors (Lipinski definition) is 2. The van der Waals surface area contributed by atoms with E-state index in [1.54, 1.807) is 0 Å². The lowest BCUT2D eigenvalue weighted by Crippen LogP contribution is -2.25. The van der Waals surface area contributed by atoms with Crippen LogP contribution in [0.25, 0.3) is 11.3 Å². The number of halogens is 5. The summed E-state index contributed by atoms with van der Waals surface area (Å²) in [5.41, 5.74) is 0.0342. The first-order valence-electron chi connectivity index (χ1n) is 9.69. The van der Waals surface area contributed by atoms with E-state index >= 15 is 0 Å². The van der Waals surface area contributed by atoms with Gasteiger partial charge in [0.05, 0.1) is 23.9 Å². The first-order chi connectivity index (χ1) is 15.6. The molecule has 174 valence electrons. The fraction of sp³-hybridized carbons (Fsp3) is 0.300. The zero-order valence-electron chi connectivity index (χ0n) is 16.7. The number of alkyl halides is 3. The van der Waals surface area contributed by atoms with Crippen molar-refractivity contribution in [3.05, 3.63) is 42.1 Å². The molecule has 2 aliphatic rings. The summed E-state index contributed by atoms with van der Waals surface area (Å²) in [6, 6.07) is 2.98. The van der Waals surface area contributed by atoms with Crippen molar-refractivity contribution in [1.82, 2.24) is 15.1 Å². The number of nitrogens with zero attached hydrogens (tertiary/aromatic N) is 3. The second-order valence-electron chi connectivity index (χ2n) is 7.42. The Bertz CT molecular complexity index is 1160. The molecule has 3 heterocycles. The van der Waals surface area contributed by atoms with Gasteiger partial charge in [0.15, 0.2) is 5.82 Å². The van der Waals surface area contributed by atoms with Gasteiger partial charge in [-0.15, -0.1) is 13.2 Å². The summed E-state index contributed by atoms with van der Waals surface area (Å²) >= 11 is 0. The largest absolute Gasteiger partial charge is 0.573 e. The lowest BCUT2D eigenvalue weighted by Gasteiger charge is -2.18. The lowest BCUT2D eigenvalue weighted by molar-refractivity contribution is -0.274. The van der Waals surface area contributed by atoms with Gasteiger partial charge in [-0.05, 0) is 12.1 Å². The molecule has 1 aromatic carbocycles. The molecule has 0 bridgehead atoms. The van der Waals surface area contributed by atoms with E-state index in [1.807, 2.05) is 0 Å². The number of carbonyl (C=O) groups excluding carboxylic acids is 2. The molecule has 1 aromatic heterocycles. The van der Waals surface area contributed by atoms with Crippen molar-refractivity contribution >= 4 is 23.8 Å². The van der Waals surface area contributed by atoms with Gasteiger partial charge < -0.3 is 15.4 Å². The maximum Gasteiger partial charge on any atom is 0.573 e. The number of aliphatic imine (C=N–C) groups is 1. The van der Waals surface area contributed by atoms with E-state index < -0.39 is 41.6 Å². The molecule has 1 saturated heterocycles. The van der Waals surface area contributed by atoms with Gasteiger partial charge in [-0.1, -0.05) is 0 Å². The Hall–Kier alpha value is -3.77. The average molecular weight is 469 g/mol. The third-order valence-electron chi connectivity index (χ3n) is 4.93. The minimum Gasteiger partial charge on any atom is -0.406 e. The summed E-state index contributed by atoms with van der Waals surface area (Å²) in [5.74, 6) is -3.81. The molecule has 1 fully saturated rings. The minimum absolute atomic E-state index is 0.00722. The van der Waals surface area contributed by atoms with Crippen LogP contribution in [0.4, 0.5) is 27.8 Å². The van der Waals surface area contributed by atoms with Gasteiger partial charge in [0.25, 0.3) is 0 Å². The molecule has 2 aromatic rings. The monoisotopic (exact) mass is 469 g/mol. The smallest absolute Gasteiger partial charge is 0.406 e. The van der Waals surface area contributed by atoms with E-state index in [4.69, 9.17) is 0 Å². The van der Waals surface area contributed by atoms with E-state index in [9.17, 15) is 31.5 Å². The third kappa shape index (κ3) is 5.35. The number of amides is 2. The maximum absolute atomic E-state index is 14.1.